The Hall–Kier alpha value is -2.30. The molecule has 0 N–H and O–H groups in total. The van der Waals surface area contributed by atoms with Gasteiger partial charge in [-0.1, -0.05) is 60.2 Å². The first-order valence-electron chi connectivity index (χ1n) is 7.33. The van der Waals surface area contributed by atoms with E-state index in [2.05, 4.69) is 54.1 Å². The molecule has 0 atom stereocenters. The van der Waals surface area contributed by atoms with Crippen molar-refractivity contribution >= 4 is 22.7 Å². The zero-order chi connectivity index (χ0) is 15.6. The number of benzene rings is 2. The quantitative estimate of drug-likeness (QED) is 0.465. The predicted octanol–water partition coefficient (Wildman–Crippen LogP) is 5.91. The molecule has 0 saturated heterocycles. The van der Waals surface area contributed by atoms with Crippen LogP contribution in [0.1, 0.15) is 5.56 Å². The molecule has 2 nitrogen and oxygen atoms in total. The lowest BCUT2D eigenvalue weighted by Crippen LogP contribution is -1.81. The van der Waals surface area contributed by atoms with Crippen molar-refractivity contribution in [1.29, 1.82) is 0 Å². The molecule has 0 aliphatic rings. The van der Waals surface area contributed by atoms with Crippen LogP contribution in [0.25, 0.3) is 32.5 Å². The molecule has 112 valence electrons. The summed E-state index contributed by atoms with van der Waals surface area (Å²) in [6.07, 6.45) is 0. The van der Waals surface area contributed by atoms with Crippen LogP contribution >= 0.6 is 22.7 Å². The molecular weight excluding hydrogens is 320 g/mol. The summed E-state index contributed by atoms with van der Waals surface area (Å²) < 4.78 is 0. The molecule has 0 bridgehead atoms. The summed E-state index contributed by atoms with van der Waals surface area (Å²) in [4.78, 5) is 9.49. The summed E-state index contributed by atoms with van der Waals surface area (Å²) in [6.45, 7) is 2.09. The Labute approximate surface area is 143 Å². The fourth-order valence-corrected chi connectivity index (χ4v) is 4.01. The second-order valence-corrected chi connectivity index (χ2v) is 7.02. The molecule has 0 radical (unpaired) electrons. The second-order valence-electron chi connectivity index (χ2n) is 5.31. The van der Waals surface area contributed by atoms with Crippen LogP contribution in [0.15, 0.2) is 65.4 Å². The number of hydrogen-bond donors (Lipinski definition) is 0. The van der Waals surface area contributed by atoms with E-state index in [1.807, 2.05) is 18.2 Å². The minimum Gasteiger partial charge on any atom is -0.234 e. The highest BCUT2D eigenvalue weighted by Crippen LogP contribution is 2.32. The van der Waals surface area contributed by atoms with Gasteiger partial charge >= 0.3 is 0 Å². The van der Waals surface area contributed by atoms with Crippen molar-refractivity contribution in [1.82, 2.24) is 9.97 Å². The Balaban J connectivity index is 1.65. The molecule has 4 rings (SSSR count). The number of thiazole rings is 2. The molecule has 0 aliphatic carbocycles. The molecule has 23 heavy (non-hydrogen) atoms. The third-order valence-corrected chi connectivity index (χ3v) is 5.35. The minimum atomic E-state index is 0.956. The first kappa shape index (κ1) is 14.3. The highest BCUT2D eigenvalue weighted by molar-refractivity contribution is 7.15. The van der Waals surface area contributed by atoms with Crippen LogP contribution in [-0.2, 0) is 0 Å². The molecule has 2 aromatic heterocycles. The summed E-state index contributed by atoms with van der Waals surface area (Å²) in [6, 6.07) is 18.7. The van der Waals surface area contributed by atoms with E-state index in [0.29, 0.717) is 0 Å². The number of aromatic nitrogens is 2. The first-order chi connectivity index (χ1) is 11.3. The number of aryl methyl sites for hydroxylation is 1. The van der Waals surface area contributed by atoms with E-state index in [0.717, 1.165) is 32.5 Å². The van der Waals surface area contributed by atoms with E-state index in [4.69, 9.17) is 9.97 Å². The van der Waals surface area contributed by atoms with Crippen molar-refractivity contribution < 1.29 is 0 Å². The molecule has 0 saturated carbocycles. The van der Waals surface area contributed by atoms with Crippen LogP contribution in [0, 0.1) is 6.92 Å². The summed E-state index contributed by atoms with van der Waals surface area (Å²) in [5.74, 6) is 0. The van der Waals surface area contributed by atoms with Gasteiger partial charge in [-0.05, 0) is 6.92 Å². The van der Waals surface area contributed by atoms with Crippen LogP contribution in [0.4, 0.5) is 0 Å². The fourth-order valence-electron chi connectivity index (χ4n) is 2.33. The van der Waals surface area contributed by atoms with Gasteiger partial charge in [-0.2, -0.15) is 0 Å². The van der Waals surface area contributed by atoms with Crippen LogP contribution in [-0.4, -0.2) is 9.97 Å². The molecule has 0 aliphatic heterocycles. The van der Waals surface area contributed by atoms with E-state index in [1.54, 1.807) is 22.7 Å². The van der Waals surface area contributed by atoms with Gasteiger partial charge in [-0.25, -0.2) is 9.97 Å². The molecule has 4 heteroatoms. The van der Waals surface area contributed by atoms with Gasteiger partial charge in [0, 0.05) is 21.9 Å². The maximum absolute atomic E-state index is 4.75. The largest absolute Gasteiger partial charge is 0.234 e. The van der Waals surface area contributed by atoms with Gasteiger partial charge in [0.15, 0.2) is 0 Å². The van der Waals surface area contributed by atoms with Gasteiger partial charge < -0.3 is 0 Å². The Morgan fingerprint density at radius 3 is 2.09 bits per heavy atom. The third-order valence-electron chi connectivity index (χ3n) is 3.60. The first-order valence-corrected chi connectivity index (χ1v) is 9.09. The Morgan fingerprint density at radius 2 is 1.30 bits per heavy atom. The average Bonchev–Trinajstić information content (AvgIpc) is 3.26. The summed E-state index contributed by atoms with van der Waals surface area (Å²) in [5, 5.41) is 6.19. The van der Waals surface area contributed by atoms with Crippen LogP contribution in [0.5, 0.6) is 0 Å². The molecule has 0 fully saturated rings. The monoisotopic (exact) mass is 334 g/mol. The Bertz CT molecular complexity index is 921. The summed E-state index contributed by atoms with van der Waals surface area (Å²) >= 11 is 3.30. The molecule has 0 amide bonds. The van der Waals surface area contributed by atoms with Gasteiger partial charge in [0.25, 0.3) is 0 Å². The molecule has 2 heterocycles. The molecule has 0 unspecified atom stereocenters. The minimum absolute atomic E-state index is 0.956. The molecule has 2 aromatic carbocycles. The van der Waals surface area contributed by atoms with Crippen molar-refractivity contribution in [2.45, 2.75) is 6.92 Å². The number of nitrogens with zero attached hydrogens (tertiary/aromatic N) is 2. The smallest absolute Gasteiger partial charge is 0.143 e. The SMILES string of the molecule is Cc1ccc(-c2csc(-c3csc(-c4ccccc4)n3)n2)cc1. The molecular formula is C19H14N2S2. The second kappa shape index (κ2) is 6.07. The maximum atomic E-state index is 4.75. The Kier molecular flexibility index (Phi) is 3.77. The lowest BCUT2D eigenvalue weighted by molar-refractivity contribution is 1.34. The van der Waals surface area contributed by atoms with E-state index in [9.17, 15) is 0 Å². The Morgan fingerprint density at radius 1 is 0.652 bits per heavy atom. The van der Waals surface area contributed by atoms with Crippen LogP contribution in [0.3, 0.4) is 0 Å². The number of hydrogen-bond acceptors (Lipinski definition) is 4. The average molecular weight is 334 g/mol. The highest BCUT2D eigenvalue weighted by atomic mass is 32.1. The lowest BCUT2D eigenvalue weighted by Gasteiger charge is -1.97. The van der Waals surface area contributed by atoms with Crippen molar-refractivity contribution in [2.24, 2.45) is 0 Å². The lowest BCUT2D eigenvalue weighted by atomic mass is 10.1. The fraction of sp³-hybridized carbons (Fsp3) is 0.0526. The third kappa shape index (κ3) is 2.96. The van der Waals surface area contributed by atoms with Gasteiger partial charge in [0.05, 0.1) is 5.69 Å². The zero-order valence-corrected chi connectivity index (χ0v) is 14.2. The van der Waals surface area contributed by atoms with Gasteiger partial charge in [-0.3, -0.25) is 0 Å². The van der Waals surface area contributed by atoms with E-state index in [1.165, 1.54) is 5.56 Å². The van der Waals surface area contributed by atoms with E-state index >= 15 is 0 Å². The summed E-state index contributed by atoms with van der Waals surface area (Å²) in [7, 11) is 0. The summed E-state index contributed by atoms with van der Waals surface area (Å²) in [5.41, 5.74) is 5.53. The number of rotatable bonds is 3. The van der Waals surface area contributed by atoms with E-state index in [-0.39, 0.29) is 0 Å². The predicted molar refractivity (Wildman–Crippen MR) is 98.8 cm³/mol. The van der Waals surface area contributed by atoms with Crippen LogP contribution in [0.2, 0.25) is 0 Å². The topological polar surface area (TPSA) is 25.8 Å². The normalized spacial score (nSPS) is 10.8. The van der Waals surface area contributed by atoms with Crippen molar-refractivity contribution in [3.63, 3.8) is 0 Å². The van der Waals surface area contributed by atoms with Crippen molar-refractivity contribution in [3.8, 4) is 32.5 Å². The van der Waals surface area contributed by atoms with Gasteiger partial charge in [0.1, 0.15) is 15.7 Å². The molecule has 0 spiro atoms. The van der Waals surface area contributed by atoms with Gasteiger partial charge in [-0.15, -0.1) is 22.7 Å². The standard InChI is InChI=1S/C19H14N2S2/c1-13-7-9-14(10-8-13)16-11-23-19(20-16)17-12-22-18(21-17)15-5-3-2-4-6-15/h2-12H,1H3. The zero-order valence-electron chi connectivity index (χ0n) is 12.6. The molecule has 4 aromatic rings. The van der Waals surface area contributed by atoms with E-state index < -0.39 is 0 Å². The maximum Gasteiger partial charge on any atom is 0.143 e. The van der Waals surface area contributed by atoms with Crippen LogP contribution < -0.4 is 0 Å². The van der Waals surface area contributed by atoms with Gasteiger partial charge in [0.2, 0.25) is 0 Å². The highest BCUT2D eigenvalue weighted by Gasteiger charge is 2.11. The van der Waals surface area contributed by atoms with Crippen molar-refractivity contribution in [3.05, 3.63) is 70.9 Å². The van der Waals surface area contributed by atoms with Crippen molar-refractivity contribution in [2.75, 3.05) is 0 Å².